The Labute approximate surface area is 164 Å². The van der Waals surface area contributed by atoms with Gasteiger partial charge in [0.25, 0.3) is 0 Å². The van der Waals surface area contributed by atoms with E-state index in [1.807, 2.05) is 0 Å². The molecule has 2 aromatic heterocycles. The summed E-state index contributed by atoms with van der Waals surface area (Å²) in [4.78, 5) is 24.0. The molecular weight excluding hydrogens is 385 g/mol. The Morgan fingerprint density at radius 1 is 1.10 bits per heavy atom. The molecular formula is C19H19F3N6O. The number of benzene rings is 1. The van der Waals surface area contributed by atoms with Gasteiger partial charge in [-0.05, 0) is 25.0 Å². The van der Waals surface area contributed by atoms with Crippen LogP contribution in [0.1, 0.15) is 37.9 Å². The molecule has 3 N–H and O–H groups in total. The molecule has 0 atom stereocenters. The summed E-state index contributed by atoms with van der Waals surface area (Å²) >= 11 is 0. The van der Waals surface area contributed by atoms with Crippen molar-refractivity contribution < 1.29 is 18.0 Å². The first-order valence-corrected chi connectivity index (χ1v) is 9.26. The van der Waals surface area contributed by atoms with E-state index in [9.17, 15) is 18.0 Å². The third kappa shape index (κ3) is 3.39. The number of nitrogens with zero attached hydrogens (tertiary/aromatic N) is 4. The van der Waals surface area contributed by atoms with Crippen LogP contribution in [0, 0.1) is 0 Å². The zero-order valence-electron chi connectivity index (χ0n) is 15.4. The quantitative estimate of drug-likeness (QED) is 0.690. The second kappa shape index (κ2) is 7.02. The number of aromatic nitrogens is 4. The molecule has 152 valence electrons. The van der Waals surface area contributed by atoms with Crippen molar-refractivity contribution >= 4 is 28.6 Å². The normalized spacial score (nSPS) is 16.7. The molecule has 0 aliphatic heterocycles. The summed E-state index contributed by atoms with van der Waals surface area (Å²) in [6, 6.07) is 8.67. The molecule has 2 heterocycles. The van der Waals surface area contributed by atoms with Crippen LogP contribution in [0.5, 0.6) is 0 Å². The van der Waals surface area contributed by atoms with E-state index in [1.165, 1.54) is 10.9 Å². The Bertz CT molecular complexity index is 1040. The number of hydrogen-bond donors (Lipinski definition) is 2. The second-order valence-corrected chi connectivity index (χ2v) is 7.13. The number of amides is 1. The smallest absolute Gasteiger partial charge is 0.368 e. The van der Waals surface area contributed by atoms with Gasteiger partial charge in [-0.15, -0.1) is 0 Å². The van der Waals surface area contributed by atoms with Gasteiger partial charge >= 0.3 is 6.18 Å². The van der Waals surface area contributed by atoms with Crippen molar-refractivity contribution in [3.8, 4) is 0 Å². The molecule has 3 aromatic rings. The van der Waals surface area contributed by atoms with Gasteiger partial charge in [-0.25, -0.2) is 15.0 Å². The number of rotatable bonds is 4. The predicted octanol–water partition coefficient (Wildman–Crippen LogP) is 3.73. The Balaban J connectivity index is 1.92. The number of imidazole rings is 1. The van der Waals surface area contributed by atoms with Crippen molar-refractivity contribution in [2.24, 2.45) is 5.73 Å². The van der Waals surface area contributed by atoms with Gasteiger partial charge in [0.2, 0.25) is 11.7 Å². The largest absolute Gasteiger partial charge is 0.451 e. The topological polar surface area (TPSA) is 98.7 Å². The maximum atomic E-state index is 13.5. The number of carbonyl (C=O) groups is 1. The number of nitrogens with one attached hydrogen (secondary N) is 1. The number of fused-ring (bicyclic) bond motifs is 1. The van der Waals surface area contributed by atoms with E-state index < -0.39 is 23.4 Å². The lowest BCUT2D eigenvalue weighted by Crippen LogP contribution is -2.47. The van der Waals surface area contributed by atoms with Gasteiger partial charge in [0, 0.05) is 5.69 Å². The number of anilines is 2. The van der Waals surface area contributed by atoms with Crippen LogP contribution in [0.2, 0.25) is 0 Å². The molecule has 0 radical (unpaired) electrons. The molecule has 1 aliphatic carbocycles. The summed E-state index contributed by atoms with van der Waals surface area (Å²) in [5, 5.41) is 2.87. The van der Waals surface area contributed by atoms with Crippen molar-refractivity contribution in [2.75, 3.05) is 5.32 Å². The van der Waals surface area contributed by atoms with Crippen molar-refractivity contribution in [2.45, 2.75) is 43.8 Å². The molecule has 1 aromatic carbocycles. The summed E-state index contributed by atoms with van der Waals surface area (Å²) in [5.41, 5.74) is 5.19. The lowest BCUT2D eigenvalue weighted by atomic mass is 9.81. The average Bonchev–Trinajstić information content (AvgIpc) is 3.13. The Morgan fingerprint density at radius 3 is 2.41 bits per heavy atom. The molecule has 1 saturated carbocycles. The Morgan fingerprint density at radius 2 is 1.79 bits per heavy atom. The number of halogens is 3. The number of carbonyl (C=O) groups excluding carboxylic acids is 1. The Kier molecular flexibility index (Phi) is 4.64. The van der Waals surface area contributed by atoms with Gasteiger partial charge in [-0.1, -0.05) is 37.5 Å². The maximum Gasteiger partial charge on any atom is 0.451 e. The standard InChI is InChI=1S/C19H19F3N6O/c20-19(21,22)17-26-14(25-12-7-3-1-4-8-12)13-15(27-17)28(11-24-13)18(16(23)29)9-5-2-6-10-18/h1,3-4,7-8,11H,2,5-6,9-10H2,(H2,23,29)(H,25,26,27). The van der Waals surface area contributed by atoms with Gasteiger partial charge in [0.05, 0.1) is 6.33 Å². The number of alkyl halides is 3. The summed E-state index contributed by atoms with van der Waals surface area (Å²) in [6.07, 6.45) is -0.134. The van der Waals surface area contributed by atoms with Crippen LogP contribution in [0.4, 0.5) is 24.7 Å². The van der Waals surface area contributed by atoms with Crippen molar-refractivity contribution in [1.82, 2.24) is 19.5 Å². The average molecular weight is 404 g/mol. The highest BCUT2D eigenvalue weighted by atomic mass is 19.4. The SMILES string of the molecule is NC(=O)C1(n2cnc3c(Nc4ccccc4)nc(C(F)(F)F)nc32)CCCCC1. The van der Waals surface area contributed by atoms with Crippen LogP contribution < -0.4 is 11.1 Å². The molecule has 1 fully saturated rings. The van der Waals surface area contributed by atoms with Crippen molar-refractivity contribution in [3.63, 3.8) is 0 Å². The molecule has 10 heteroatoms. The van der Waals surface area contributed by atoms with Crippen molar-refractivity contribution in [1.29, 1.82) is 0 Å². The van der Waals surface area contributed by atoms with E-state index in [1.54, 1.807) is 30.3 Å². The highest BCUT2D eigenvalue weighted by Gasteiger charge is 2.42. The fraction of sp³-hybridized carbons (Fsp3) is 0.368. The van der Waals surface area contributed by atoms with E-state index in [-0.39, 0.29) is 17.0 Å². The van der Waals surface area contributed by atoms with Gasteiger partial charge in [-0.2, -0.15) is 13.2 Å². The van der Waals surface area contributed by atoms with Crippen molar-refractivity contribution in [3.05, 3.63) is 42.5 Å². The van der Waals surface area contributed by atoms with Crippen LogP contribution in [0.25, 0.3) is 11.2 Å². The number of nitrogens with two attached hydrogens (primary N) is 1. The summed E-state index contributed by atoms with van der Waals surface area (Å²) < 4.78 is 41.9. The van der Waals surface area contributed by atoms with Gasteiger partial charge in [0.15, 0.2) is 17.0 Å². The molecule has 0 spiro atoms. The minimum Gasteiger partial charge on any atom is -0.368 e. The first-order chi connectivity index (χ1) is 13.8. The summed E-state index contributed by atoms with van der Waals surface area (Å²) in [7, 11) is 0. The molecule has 7 nitrogen and oxygen atoms in total. The van der Waals surface area contributed by atoms with Gasteiger partial charge in [0.1, 0.15) is 5.54 Å². The number of primary amides is 1. The number of hydrogen-bond acceptors (Lipinski definition) is 5. The molecule has 0 saturated heterocycles. The third-order valence-electron chi connectivity index (χ3n) is 5.29. The van der Waals surface area contributed by atoms with Crippen LogP contribution in [0.15, 0.2) is 36.7 Å². The van der Waals surface area contributed by atoms with E-state index >= 15 is 0 Å². The zero-order chi connectivity index (χ0) is 20.6. The first kappa shape index (κ1) is 19.2. The van der Waals surface area contributed by atoms with E-state index in [0.717, 1.165) is 19.3 Å². The number of para-hydroxylation sites is 1. The Hall–Kier alpha value is -3.17. The molecule has 4 rings (SSSR count). The van der Waals surface area contributed by atoms with Crippen LogP contribution >= 0.6 is 0 Å². The van der Waals surface area contributed by atoms with Crippen LogP contribution in [-0.4, -0.2) is 25.4 Å². The van der Waals surface area contributed by atoms with Crippen LogP contribution in [-0.2, 0) is 16.5 Å². The lowest BCUT2D eigenvalue weighted by Gasteiger charge is -2.35. The minimum atomic E-state index is -4.76. The molecule has 0 unspecified atom stereocenters. The molecule has 1 amide bonds. The zero-order valence-corrected chi connectivity index (χ0v) is 15.4. The van der Waals surface area contributed by atoms with E-state index in [0.29, 0.717) is 18.5 Å². The fourth-order valence-electron chi connectivity index (χ4n) is 3.83. The lowest BCUT2D eigenvalue weighted by molar-refractivity contribution is -0.144. The van der Waals surface area contributed by atoms with Crippen LogP contribution in [0.3, 0.4) is 0 Å². The van der Waals surface area contributed by atoms with Gasteiger partial charge < -0.3 is 11.1 Å². The highest BCUT2D eigenvalue weighted by Crippen LogP contribution is 2.38. The second-order valence-electron chi connectivity index (χ2n) is 7.13. The fourth-order valence-corrected chi connectivity index (χ4v) is 3.83. The van der Waals surface area contributed by atoms with E-state index in [2.05, 4.69) is 20.3 Å². The maximum absolute atomic E-state index is 13.5. The summed E-state index contributed by atoms with van der Waals surface area (Å²) in [5.74, 6) is -1.98. The highest BCUT2D eigenvalue weighted by molar-refractivity contribution is 5.89. The minimum absolute atomic E-state index is 0.0635. The van der Waals surface area contributed by atoms with E-state index in [4.69, 9.17) is 5.73 Å². The summed E-state index contributed by atoms with van der Waals surface area (Å²) in [6.45, 7) is 0. The monoisotopic (exact) mass is 404 g/mol. The predicted molar refractivity (Wildman–Crippen MR) is 100 cm³/mol. The molecule has 1 aliphatic rings. The molecule has 0 bridgehead atoms. The molecule has 29 heavy (non-hydrogen) atoms. The first-order valence-electron chi connectivity index (χ1n) is 9.26. The third-order valence-corrected chi connectivity index (χ3v) is 5.29. The van der Waals surface area contributed by atoms with Gasteiger partial charge in [-0.3, -0.25) is 9.36 Å².